The highest BCUT2D eigenvalue weighted by Crippen LogP contribution is 2.43. The Hall–Kier alpha value is -3.84. The van der Waals surface area contributed by atoms with Crippen LogP contribution in [0.2, 0.25) is 0 Å². The van der Waals surface area contributed by atoms with E-state index in [1.807, 2.05) is 43.5 Å². The van der Waals surface area contributed by atoms with Gasteiger partial charge in [0.25, 0.3) is 0 Å². The Balaban J connectivity index is 1.83. The van der Waals surface area contributed by atoms with Gasteiger partial charge in [-0.15, -0.1) is 0 Å². The molecule has 0 aliphatic rings. The highest BCUT2D eigenvalue weighted by Gasteiger charge is 2.20. The number of nitrogens with zero attached hydrogens (tertiary/aromatic N) is 3. The molecule has 0 radical (unpaired) electrons. The number of rotatable bonds is 4. The fourth-order valence-electron chi connectivity index (χ4n) is 3.91. The Kier molecular flexibility index (Phi) is 5.03. The number of aliphatic imine (C=N–C) groups is 1. The summed E-state index contributed by atoms with van der Waals surface area (Å²) in [6.45, 7) is 1.94. The van der Waals surface area contributed by atoms with Gasteiger partial charge in [-0.05, 0) is 53.4 Å². The quantitative estimate of drug-likeness (QED) is 0.318. The van der Waals surface area contributed by atoms with Crippen LogP contribution in [0.25, 0.3) is 49.1 Å². The second-order valence-electron chi connectivity index (χ2n) is 7.28. The van der Waals surface area contributed by atoms with E-state index in [9.17, 15) is 4.39 Å². The standard InChI is InChI=1S/C25H19FN4OS/c1-3-14(11-28-2)20-13-29-25(27)23-19(20)10-21(31-23)22-18(15-5-4-6-17(26)9-15)8-7-16-12-30-32-24(16)22/h3-13H,1-2H3,(H2,27,29)/b14-3+,28-11?. The molecule has 3 heterocycles. The molecule has 0 aliphatic heterocycles. The van der Waals surface area contributed by atoms with Crippen LogP contribution in [0.3, 0.4) is 0 Å². The van der Waals surface area contributed by atoms with E-state index in [-0.39, 0.29) is 5.82 Å². The van der Waals surface area contributed by atoms with Gasteiger partial charge in [0.2, 0.25) is 0 Å². The lowest BCUT2D eigenvalue weighted by Gasteiger charge is -2.09. The fraction of sp³-hybridized carbons (Fsp3) is 0.0800. The molecule has 2 N–H and O–H groups in total. The topological polar surface area (TPSA) is 77.3 Å². The Morgan fingerprint density at radius 3 is 2.84 bits per heavy atom. The number of halogens is 1. The van der Waals surface area contributed by atoms with Gasteiger partial charge in [0.15, 0.2) is 11.4 Å². The summed E-state index contributed by atoms with van der Waals surface area (Å²) >= 11 is 1.38. The number of allylic oxidation sites excluding steroid dienone is 2. The van der Waals surface area contributed by atoms with E-state index in [0.717, 1.165) is 43.3 Å². The van der Waals surface area contributed by atoms with Crippen LogP contribution in [-0.4, -0.2) is 22.6 Å². The van der Waals surface area contributed by atoms with E-state index < -0.39 is 0 Å². The molecule has 32 heavy (non-hydrogen) atoms. The lowest BCUT2D eigenvalue weighted by Crippen LogP contribution is -1.94. The average molecular weight is 443 g/mol. The number of aromatic nitrogens is 2. The second-order valence-corrected chi connectivity index (χ2v) is 8.09. The van der Waals surface area contributed by atoms with Gasteiger partial charge in [-0.2, -0.15) is 4.37 Å². The molecule has 0 saturated carbocycles. The number of pyridine rings is 1. The molecule has 5 aromatic rings. The van der Waals surface area contributed by atoms with E-state index in [2.05, 4.69) is 14.3 Å². The van der Waals surface area contributed by atoms with Crippen LogP contribution in [0, 0.1) is 5.82 Å². The Morgan fingerprint density at radius 2 is 2.06 bits per heavy atom. The number of fused-ring (bicyclic) bond motifs is 2. The number of hydrogen-bond donors (Lipinski definition) is 1. The summed E-state index contributed by atoms with van der Waals surface area (Å²) in [7, 11) is 1.72. The molecule has 158 valence electrons. The molecule has 5 nitrogen and oxygen atoms in total. The molecular formula is C25H19FN4OS. The summed E-state index contributed by atoms with van der Waals surface area (Å²) < 4.78 is 25.6. The van der Waals surface area contributed by atoms with Crippen molar-refractivity contribution in [3.05, 3.63) is 72.3 Å². The molecule has 0 fully saturated rings. The molecule has 0 atom stereocenters. The van der Waals surface area contributed by atoms with Crippen LogP contribution in [-0.2, 0) is 0 Å². The minimum absolute atomic E-state index is 0.297. The predicted octanol–water partition coefficient (Wildman–Crippen LogP) is 6.60. The summed E-state index contributed by atoms with van der Waals surface area (Å²) in [5.74, 6) is 0.636. The third kappa shape index (κ3) is 3.27. The first-order valence-corrected chi connectivity index (χ1v) is 10.8. The summed E-state index contributed by atoms with van der Waals surface area (Å²) in [6.07, 6.45) is 7.29. The van der Waals surface area contributed by atoms with E-state index in [1.54, 1.807) is 25.5 Å². The van der Waals surface area contributed by atoms with Crippen molar-refractivity contribution in [2.75, 3.05) is 12.8 Å². The fourth-order valence-corrected chi connectivity index (χ4v) is 4.71. The molecule has 0 amide bonds. The molecule has 0 saturated heterocycles. The van der Waals surface area contributed by atoms with E-state index in [1.165, 1.54) is 23.7 Å². The molecule has 0 aliphatic carbocycles. The zero-order valence-corrected chi connectivity index (χ0v) is 18.3. The summed E-state index contributed by atoms with van der Waals surface area (Å²) in [6, 6.07) is 12.5. The third-order valence-corrected chi connectivity index (χ3v) is 6.22. The van der Waals surface area contributed by atoms with E-state index >= 15 is 0 Å². The molecule has 0 unspecified atom stereocenters. The summed E-state index contributed by atoms with van der Waals surface area (Å²) in [4.78, 5) is 8.48. The first kappa shape index (κ1) is 20.1. The Bertz CT molecular complexity index is 1530. The lowest BCUT2D eigenvalue weighted by atomic mass is 9.96. The number of furan rings is 1. The highest BCUT2D eigenvalue weighted by atomic mass is 32.1. The zero-order chi connectivity index (χ0) is 22.2. The first-order chi connectivity index (χ1) is 15.6. The van der Waals surface area contributed by atoms with Crippen LogP contribution in [0.1, 0.15) is 12.5 Å². The Morgan fingerprint density at radius 1 is 1.19 bits per heavy atom. The predicted molar refractivity (Wildman–Crippen MR) is 130 cm³/mol. The van der Waals surface area contributed by atoms with Crippen molar-refractivity contribution in [2.45, 2.75) is 6.92 Å². The van der Waals surface area contributed by atoms with Crippen molar-refractivity contribution >= 4 is 50.2 Å². The molecule has 2 aromatic carbocycles. The molecule has 5 rings (SSSR count). The summed E-state index contributed by atoms with van der Waals surface area (Å²) in [5.41, 5.74) is 10.9. The second kappa shape index (κ2) is 8.01. The monoisotopic (exact) mass is 442 g/mol. The van der Waals surface area contributed by atoms with Crippen LogP contribution < -0.4 is 5.73 Å². The van der Waals surface area contributed by atoms with Gasteiger partial charge in [0, 0.05) is 47.6 Å². The van der Waals surface area contributed by atoms with Crippen molar-refractivity contribution < 1.29 is 8.81 Å². The maximum atomic E-state index is 14.0. The minimum Gasteiger partial charge on any atom is -0.452 e. The van der Waals surface area contributed by atoms with Crippen molar-refractivity contribution in [1.82, 2.24) is 9.36 Å². The van der Waals surface area contributed by atoms with E-state index in [4.69, 9.17) is 10.2 Å². The third-order valence-electron chi connectivity index (χ3n) is 5.38. The van der Waals surface area contributed by atoms with Crippen molar-refractivity contribution in [3.63, 3.8) is 0 Å². The van der Waals surface area contributed by atoms with Gasteiger partial charge in [-0.1, -0.05) is 30.3 Å². The van der Waals surface area contributed by atoms with Gasteiger partial charge in [0.1, 0.15) is 11.6 Å². The number of hydrogen-bond acceptors (Lipinski definition) is 6. The zero-order valence-electron chi connectivity index (χ0n) is 17.5. The summed E-state index contributed by atoms with van der Waals surface area (Å²) in [5, 5.41) is 1.83. The number of nitrogens with two attached hydrogens (primary N) is 1. The average Bonchev–Trinajstić information content (AvgIpc) is 3.45. The van der Waals surface area contributed by atoms with E-state index in [0.29, 0.717) is 17.2 Å². The number of anilines is 1. The van der Waals surface area contributed by atoms with Crippen LogP contribution in [0.4, 0.5) is 10.2 Å². The van der Waals surface area contributed by atoms with Gasteiger partial charge in [0.05, 0.1) is 4.70 Å². The van der Waals surface area contributed by atoms with Crippen LogP contribution in [0.5, 0.6) is 0 Å². The molecular weight excluding hydrogens is 423 g/mol. The smallest absolute Gasteiger partial charge is 0.177 e. The molecule has 7 heteroatoms. The number of benzene rings is 2. The van der Waals surface area contributed by atoms with Crippen LogP contribution >= 0.6 is 11.5 Å². The van der Waals surface area contributed by atoms with Gasteiger partial charge in [-0.25, -0.2) is 9.37 Å². The maximum Gasteiger partial charge on any atom is 0.177 e. The van der Waals surface area contributed by atoms with Gasteiger partial charge in [-0.3, -0.25) is 4.99 Å². The van der Waals surface area contributed by atoms with Crippen molar-refractivity contribution in [3.8, 4) is 22.5 Å². The Labute approximate surface area is 187 Å². The number of nitrogen functional groups attached to an aromatic ring is 1. The lowest BCUT2D eigenvalue weighted by molar-refractivity contribution is 0.628. The van der Waals surface area contributed by atoms with Crippen LogP contribution in [0.15, 0.2) is 70.3 Å². The maximum absolute atomic E-state index is 14.0. The SMILES string of the molecule is C/C=C(\C=NC)c1cnc(N)c2oc(-c3c(-c4cccc(F)c4)ccc4cnsc34)cc12. The molecule has 0 spiro atoms. The van der Waals surface area contributed by atoms with Crippen molar-refractivity contribution in [1.29, 1.82) is 0 Å². The van der Waals surface area contributed by atoms with Gasteiger partial charge < -0.3 is 10.2 Å². The highest BCUT2D eigenvalue weighted by molar-refractivity contribution is 7.14. The van der Waals surface area contributed by atoms with Crippen molar-refractivity contribution in [2.24, 2.45) is 4.99 Å². The largest absolute Gasteiger partial charge is 0.452 e. The minimum atomic E-state index is -0.297. The normalized spacial score (nSPS) is 12.4. The molecule has 3 aromatic heterocycles. The van der Waals surface area contributed by atoms with Gasteiger partial charge >= 0.3 is 0 Å². The first-order valence-electron chi connectivity index (χ1n) is 10.0. The molecule has 0 bridgehead atoms.